The third kappa shape index (κ3) is 3.44. The van der Waals surface area contributed by atoms with Gasteiger partial charge in [-0.25, -0.2) is 8.78 Å². The van der Waals surface area contributed by atoms with Crippen LogP contribution in [0.2, 0.25) is 0 Å². The van der Waals surface area contributed by atoms with Crippen molar-refractivity contribution in [2.45, 2.75) is 24.7 Å². The molecule has 18 heavy (non-hydrogen) atoms. The van der Waals surface area contributed by atoms with Crippen LogP contribution in [0.3, 0.4) is 0 Å². The number of rotatable bonds is 4. The number of ether oxygens (including phenoxy) is 1. The molecule has 0 aliphatic carbocycles. The molecular formula is C12H11F2NO2S. The number of halogens is 2. The molecule has 0 aliphatic heterocycles. The first-order valence-electron chi connectivity index (χ1n) is 5.19. The third-order valence-corrected chi connectivity index (χ3v) is 2.48. The summed E-state index contributed by atoms with van der Waals surface area (Å²) in [4.78, 5) is 11.6. The van der Waals surface area contributed by atoms with Crippen molar-refractivity contribution in [2.24, 2.45) is 0 Å². The topological polar surface area (TPSA) is 50.1 Å². The molecule has 0 aromatic heterocycles. The number of benzene rings is 1. The van der Waals surface area contributed by atoms with Crippen molar-refractivity contribution in [1.82, 2.24) is 0 Å². The normalized spacial score (nSPS) is 10.2. The van der Waals surface area contributed by atoms with Gasteiger partial charge >= 0.3 is 5.97 Å². The average Bonchev–Trinajstić information content (AvgIpc) is 2.28. The van der Waals surface area contributed by atoms with Crippen LogP contribution in [0, 0.1) is 11.3 Å². The molecule has 0 amide bonds. The van der Waals surface area contributed by atoms with Gasteiger partial charge in [-0.1, -0.05) is 0 Å². The summed E-state index contributed by atoms with van der Waals surface area (Å²) < 4.78 is 30.2. The number of nitriles is 1. The zero-order valence-electron chi connectivity index (χ0n) is 9.61. The lowest BCUT2D eigenvalue weighted by Gasteiger charge is -2.10. The van der Waals surface area contributed by atoms with E-state index < -0.39 is 18.0 Å². The van der Waals surface area contributed by atoms with Gasteiger partial charge in [0.05, 0.1) is 24.7 Å². The average molecular weight is 271 g/mol. The lowest BCUT2D eigenvalue weighted by Crippen LogP contribution is -2.10. The molecule has 96 valence electrons. The van der Waals surface area contributed by atoms with Crippen LogP contribution in [0.1, 0.15) is 30.0 Å². The van der Waals surface area contributed by atoms with Crippen LogP contribution in [0.4, 0.5) is 8.78 Å². The van der Waals surface area contributed by atoms with Gasteiger partial charge in [0.15, 0.2) is 0 Å². The van der Waals surface area contributed by atoms with Gasteiger partial charge < -0.3 is 4.74 Å². The molecule has 0 radical (unpaired) electrons. The Bertz CT molecular complexity index is 498. The highest BCUT2D eigenvalue weighted by Gasteiger charge is 2.19. The fraction of sp³-hybridized carbons (Fsp3) is 0.333. The SMILES string of the molecule is CCOC(=O)Cc1cc(S)cc(C(F)F)c1C#N. The lowest BCUT2D eigenvalue weighted by molar-refractivity contribution is -0.142. The Morgan fingerprint density at radius 3 is 2.72 bits per heavy atom. The molecule has 0 saturated heterocycles. The van der Waals surface area contributed by atoms with Crippen molar-refractivity contribution in [3.63, 3.8) is 0 Å². The second kappa shape index (κ2) is 6.36. The molecule has 0 saturated carbocycles. The fourth-order valence-electron chi connectivity index (χ4n) is 1.52. The van der Waals surface area contributed by atoms with Crippen LogP contribution in [-0.2, 0) is 16.0 Å². The van der Waals surface area contributed by atoms with Crippen molar-refractivity contribution >= 4 is 18.6 Å². The van der Waals surface area contributed by atoms with Crippen LogP contribution in [0.5, 0.6) is 0 Å². The summed E-state index contributed by atoms with van der Waals surface area (Å²) in [7, 11) is 0. The Kier molecular flexibility index (Phi) is 5.10. The molecule has 1 aromatic carbocycles. The quantitative estimate of drug-likeness (QED) is 0.676. The van der Waals surface area contributed by atoms with Gasteiger partial charge in [0.1, 0.15) is 0 Å². The Morgan fingerprint density at radius 1 is 1.56 bits per heavy atom. The van der Waals surface area contributed by atoms with Crippen molar-refractivity contribution in [1.29, 1.82) is 5.26 Å². The lowest BCUT2D eigenvalue weighted by atomic mass is 10.00. The zero-order chi connectivity index (χ0) is 13.7. The van der Waals surface area contributed by atoms with E-state index in [1.807, 2.05) is 0 Å². The summed E-state index contributed by atoms with van der Waals surface area (Å²) in [6, 6.07) is 4.25. The van der Waals surface area contributed by atoms with E-state index in [2.05, 4.69) is 12.6 Å². The zero-order valence-corrected chi connectivity index (χ0v) is 10.5. The van der Waals surface area contributed by atoms with Gasteiger partial charge in [-0.05, 0) is 24.6 Å². The van der Waals surface area contributed by atoms with Crippen molar-refractivity contribution in [3.05, 3.63) is 28.8 Å². The first-order chi connectivity index (χ1) is 8.49. The summed E-state index contributed by atoms with van der Waals surface area (Å²) in [5.41, 5.74) is -0.390. The van der Waals surface area contributed by atoms with Gasteiger partial charge in [-0.15, -0.1) is 12.6 Å². The maximum Gasteiger partial charge on any atom is 0.310 e. The van der Waals surface area contributed by atoms with E-state index in [9.17, 15) is 13.6 Å². The standard InChI is InChI=1S/C12H11F2NO2S/c1-2-17-11(16)4-7-3-8(18)5-9(12(13)14)10(7)6-15/h3,5,12,18H,2,4H2,1H3. The highest BCUT2D eigenvalue weighted by atomic mass is 32.1. The fourth-order valence-corrected chi connectivity index (χ4v) is 1.82. The Morgan fingerprint density at radius 2 is 2.22 bits per heavy atom. The molecular weight excluding hydrogens is 260 g/mol. The molecule has 0 aliphatic rings. The molecule has 0 bridgehead atoms. The monoisotopic (exact) mass is 271 g/mol. The van der Waals surface area contributed by atoms with E-state index in [0.717, 1.165) is 6.07 Å². The highest BCUT2D eigenvalue weighted by molar-refractivity contribution is 7.80. The van der Waals surface area contributed by atoms with Gasteiger partial charge in [0.2, 0.25) is 0 Å². The Labute approximate surface area is 109 Å². The van der Waals surface area contributed by atoms with E-state index in [1.54, 1.807) is 13.0 Å². The van der Waals surface area contributed by atoms with E-state index in [-0.39, 0.29) is 29.1 Å². The number of esters is 1. The largest absolute Gasteiger partial charge is 0.466 e. The highest BCUT2D eigenvalue weighted by Crippen LogP contribution is 2.28. The van der Waals surface area contributed by atoms with Crippen molar-refractivity contribution < 1.29 is 18.3 Å². The first-order valence-corrected chi connectivity index (χ1v) is 5.64. The predicted octanol–water partition coefficient (Wildman–Crippen LogP) is 2.89. The molecule has 1 aromatic rings. The van der Waals surface area contributed by atoms with Crippen LogP contribution in [0.15, 0.2) is 17.0 Å². The van der Waals surface area contributed by atoms with Crippen molar-refractivity contribution in [3.8, 4) is 6.07 Å². The predicted molar refractivity (Wildman–Crippen MR) is 63.7 cm³/mol. The molecule has 1 rings (SSSR count). The van der Waals surface area contributed by atoms with Crippen LogP contribution in [-0.4, -0.2) is 12.6 Å². The smallest absolute Gasteiger partial charge is 0.310 e. The third-order valence-electron chi connectivity index (χ3n) is 2.22. The number of thiol groups is 1. The minimum atomic E-state index is -2.78. The molecule has 0 heterocycles. The van der Waals surface area contributed by atoms with Crippen LogP contribution in [0.25, 0.3) is 0 Å². The van der Waals surface area contributed by atoms with Gasteiger partial charge in [0.25, 0.3) is 6.43 Å². The molecule has 0 fully saturated rings. The molecule has 0 spiro atoms. The van der Waals surface area contributed by atoms with E-state index in [4.69, 9.17) is 10.00 Å². The molecule has 0 unspecified atom stereocenters. The van der Waals surface area contributed by atoms with Gasteiger partial charge in [0, 0.05) is 10.5 Å². The number of hydrogen-bond acceptors (Lipinski definition) is 4. The summed E-state index contributed by atoms with van der Waals surface area (Å²) >= 11 is 3.98. The van der Waals surface area contributed by atoms with Gasteiger partial charge in [-0.2, -0.15) is 5.26 Å². The molecule has 3 nitrogen and oxygen atoms in total. The van der Waals surface area contributed by atoms with Crippen LogP contribution < -0.4 is 0 Å². The van der Waals surface area contributed by atoms with E-state index >= 15 is 0 Å². The maximum absolute atomic E-state index is 12.8. The number of hydrogen-bond donors (Lipinski definition) is 1. The summed E-state index contributed by atoms with van der Waals surface area (Å²) in [5.74, 6) is -0.562. The maximum atomic E-state index is 12.8. The minimum absolute atomic E-state index is 0.184. The molecule has 0 N–H and O–H groups in total. The second-order valence-electron chi connectivity index (χ2n) is 3.46. The van der Waals surface area contributed by atoms with Crippen molar-refractivity contribution in [2.75, 3.05) is 6.61 Å². The summed E-state index contributed by atoms with van der Waals surface area (Å²) in [6.45, 7) is 1.84. The Balaban J connectivity index is 3.18. The molecule has 0 atom stereocenters. The first kappa shape index (κ1) is 14.5. The van der Waals surface area contributed by atoms with Crippen LogP contribution >= 0.6 is 12.6 Å². The number of nitrogens with zero attached hydrogens (tertiary/aromatic N) is 1. The summed E-state index contributed by atoms with van der Waals surface area (Å²) in [5, 5.41) is 8.92. The summed E-state index contributed by atoms with van der Waals surface area (Å²) in [6.07, 6.45) is -3.00. The second-order valence-corrected chi connectivity index (χ2v) is 3.98. The van der Waals surface area contributed by atoms with E-state index in [0.29, 0.717) is 0 Å². The number of carbonyl (C=O) groups is 1. The number of carbonyl (C=O) groups excluding carboxylic acids is 1. The minimum Gasteiger partial charge on any atom is -0.466 e. The Hall–Kier alpha value is -1.61. The van der Waals surface area contributed by atoms with E-state index in [1.165, 1.54) is 6.07 Å². The molecule has 6 heteroatoms. The van der Waals surface area contributed by atoms with Gasteiger partial charge in [-0.3, -0.25) is 4.79 Å². The number of alkyl halides is 2.